The quantitative estimate of drug-likeness (QED) is 0.263. The molecule has 0 aliphatic carbocycles. The predicted molar refractivity (Wildman–Crippen MR) is 16.7 cm³/mol. The summed E-state index contributed by atoms with van der Waals surface area (Å²) < 4.78 is 0. The topological polar surface area (TPSA) is 49.8 Å². The van der Waals surface area contributed by atoms with Crippen molar-refractivity contribution in [1.82, 2.24) is 0 Å². The second-order valence-corrected chi connectivity index (χ2v) is 0.815. The Balaban J connectivity index is 2.15. The number of azo groups is 1. The van der Waals surface area contributed by atoms with Crippen molar-refractivity contribution in [2.75, 3.05) is 7.05 Å². The van der Waals surface area contributed by atoms with Crippen LogP contribution in [0.2, 0.25) is 0 Å². The van der Waals surface area contributed by atoms with Gasteiger partial charge < -0.3 is 0 Å². The highest BCUT2D eigenvalue weighted by Crippen LogP contribution is 2.12. The molecule has 1 aliphatic rings. The Hall–Kier alpha value is -0.480. The summed E-state index contributed by atoms with van der Waals surface area (Å²) in [7, 11) is 1.56. The Morgan fingerprint density at radius 3 is 2.33 bits per heavy atom. The number of hydrogen-bond acceptors (Lipinski definition) is 4. The number of rotatable bonds is 1. The molecule has 6 heavy (non-hydrogen) atoms. The van der Waals surface area contributed by atoms with E-state index in [-0.39, 0.29) is 0 Å². The van der Waals surface area contributed by atoms with Gasteiger partial charge in [-0.05, 0) is 0 Å². The highest BCUT2D eigenvalue weighted by atomic mass is 17.4. The van der Waals surface area contributed by atoms with Gasteiger partial charge in [0.25, 0.3) is 0 Å². The maximum absolute atomic E-state index is 4.19. The Bertz CT molecular complexity index is 67.9. The standard InChI is InChI=1S/C2H4N2O2/c1-3-4-2-5-6-2/h2H,1H3. The van der Waals surface area contributed by atoms with Gasteiger partial charge in [0.15, 0.2) is 0 Å². The van der Waals surface area contributed by atoms with Gasteiger partial charge in [-0.3, -0.25) is 0 Å². The van der Waals surface area contributed by atoms with Gasteiger partial charge in [-0.25, -0.2) is 0 Å². The first-order valence-electron chi connectivity index (χ1n) is 1.54. The third-order valence-electron chi connectivity index (χ3n) is 0.392. The van der Waals surface area contributed by atoms with E-state index < -0.39 is 6.41 Å². The molecule has 0 atom stereocenters. The monoisotopic (exact) mass is 88.0 g/mol. The maximum Gasteiger partial charge on any atom is 0.333 e. The highest BCUT2D eigenvalue weighted by Gasteiger charge is 2.23. The van der Waals surface area contributed by atoms with Gasteiger partial charge in [0.05, 0.1) is 0 Å². The molecule has 1 aliphatic heterocycles. The van der Waals surface area contributed by atoms with E-state index in [9.17, 15) is 0 Å². The summed E-state index contributed by atoms with van der Waals surface area (Å²) in [5.74, 6) is 0. The number of hydrogen-bond donors (Lipinski definition) is 0. The van der Waals surface area contributed by atoms with Crippen LogP contribution in [-0.2, 0) is 9.78 Å². The van der Waals surface area contributed by atoms with E-state index in [1.807, 2.05) is 0 Å². The highest BCUT2D eigenvalue weighted by molar-refractivity contribution is 4.31. The molecule has 0 aromatic carbocycles. The van der Waals surface area contributed by atoms with Gasteiger partial charge in [-0.2, -0.15) is 14.9 Å². The molecule has 0 radical (unpaired) electrons. The zero-order valence-corrected chi connectivity index (χ0v) is 3.29. The molecule has 0 saturated carbocycles. The summed E-state index contributed by atoms with van der Waals surface area (Å²) in [5, 5.41) is 6.79. The van der Waals surface area contributed by atoms with Gasteiger partial charge >= 0.3 is 6.41 Å². The van der Waals surface area contributed by atoms with Crippen LogP contribution < -0.4 is 0 Å². The fourth-order valence-corrected chi connectivity index (χ4v) is 0.158. The van der Waals surface area contributed by atoms with Crippen LogP contribution >= 0.6 is 0 Å². The zero-order chi connectivity index (χ0) is 4.41. The summed E-state index contributed by atoms with van der Waals surface area (Å²) in [6, 6.07) is 0. The molecular weight excluding hydrogens is 84.0 g/mol. The molecule has 4 nitrogen and oxygen atoms in total. The van der Waals surface area contributed by atoms with Gasteiger partial charge in [-0.15, -0.1) is 5.11 Å². The predicted octanol–water partition coefficient (Wildman–Crippen LogP) is 0.314. The summed E-state index contributed by atoms with van der Waals surface area (Å²) >= 11 is 0. The second kappa shape index (κ2) is 1.32. The molecule has 4 heteroatoms. The average molecular weight is 88.1 g/mol. The van der Waals surface area contributed by atoms with Crippen molar-refractivity contribution in [3.63, 3.8) is 0 Å². The molecule has 0 N–H and O–H groups in total. The van der Waals surface area contributed by atoms with E-state index in [0.717, 1.165) is 0 Å². The van der Waals surface area contributed by atoms with E-state index in [0.29, 0.717) is 0 Å². The van der Waals surface area contributed by atoms with Crippen molar-refractivity contribution in [2.24, 2.45) is 10.2 Å². The Kier molecular flexibility index (Phi) is 0.813. The van der Waals surface area contributed by atoms with Crippen molar-refractivity contribution >= 4 is 0 Å². The second-order valence-electron chi connectivity index (χ2n) is 0.815. The first-order valence-corrected chi connectivity index (χ1v) is 1.54. The van der Waals surface area contributed by atoms with Crippen LogP contribution in [0, 0.1) is 0 Å². The van der Waals surface area contributed by atoms with Crippen LogP contribution in [0.15, 0.2) is 10.2 Å². The van der Waals surface area contributed by atoms with Gasteiger partial charge in [0.2, 0.25) is 0 Å². The van der Waals surface area contributed by atoms with E-state index in [1.165, 1.54) is 0 Å². The molecule has 0 amide bonds. The zero-order valence-electron chi connectivity index (χ0n) is 3.29. The van der Waals surface area contributed by atoms with Crippen molar-refractivity contribution in [1.29, 1.82) is 0 Å². The Morgan fingerprint density at radius 2 is 2.17 bits per heavy atom. The minimum atomic E-state index is -0.394. The van der Waals surface area contributed by atoms with Crippen LogP contribution in [0.4, 0.5) is 0 Å². The van der Waals surface area contributed by atoms with Crippen molar-refractivity contribution < 1.29 is 9.78 Å². The molecule has 1 heterocycles. The Morgan fingerprint density at radius 1 is 1.50 bits per heavy atom. The normalized spacial score (nSPS) is 22.8. The van der Waals surface area contributed by atoms with Crippen LogP contribution in [0.3, 0.4) is 0 Å². The van der Waals surface area contributed by atoms with Gasteiger partial charge in [0, 0.05) is 7.05 Å². The Labute approximate surface area is 34.7 Å². The van der Waals surface area contributed by atoms with Crippen molar-refractivity contribution in [3.05, 3.63) is 0 Å². The third-order valence-corrected chi connectivity index (χ3v) is 0.392. The van der Waals surface area contributed by atoms with Crippen molar-refractivity contribution in [3.8, 4) is 0 Å². The van der Waals surface area contributed by atoms with Crippen LogP contribution in [0.1, 0.15) is 0 Å². The molecule has 0 aromatic rings. The summed E-state index contributed by atoms with van der Waals surface area (Å²) in [4.78, 5) is 8.38. The number of nitrogens with zero attached hydrogens (tertiary/aromatic N) is 2. The SMILES string of the molecule is CN=NC1OO1. The molecular formula is C2H4N2O2. The molecule has 0 bridgehead atoms. The van der Waals surface area contributed by atoms with Gasteiger partial charge in [-0.1, -0.05) is 0 Å². The lowest BCUT2D eigenvalue weighted by molar-refractivity contribution is 0.0850. The first kappa shape index (κ1) is 3.70. The third kappa shape index (κ3) is 0.734. The smallest absolute Gasteiger partial charge is 0.192 e. The lowest BCUT2D eigenvalue weighted by Gasteiger charge is -1.62. The first-order chi connectivity index (χ1) is 2.93. The largest absolute Gasteiger partial charge is 0.333 e. The van der Waals surface area contributed by atoms with E-state index >= 15 is 0 Å². The maximum atomic E-state index is 4.19. The minimum Gasteiger partial charge on any atom is -0.192 e. The van der Waals surface area contributed by atoms with Crippen molar-refractivity contribution in [2.45, 2.75) is 6.41 Å². The van der Waals surface area contributed by atoms with E-state index in [1.54, 1.807) is 7.05 Å². The summed E-state index contributed by atoms with van der Waals surface area (Å²) in [5.41, 5.74) is 0. The van der Waals surface area contributed by atoms with Crippen LogP contribution in [0.5, 0.6) is 0 Å². The minimum absolute atomic E-state index is 0.394. The molecule has 1 saturated heterocycles. The molecule has 0 unspecified atom stereocenters. The summed E-state index contributed by atoms with van der Waals surface area (Å²) in [6.45, 7) is 0. The molecule has 0 spiro atoms. The molecule has 0 aromatic heterocycles. The molecule has 34 valence electrons. The lowest BCUT2D eigenvalue weighted by atomic mass is 11.2. The van der Waals surface area contributed by atoms with Crippen LogP contribution in [-0.4, -0.2) is 13.5 Å². The van der Waals surface area contributed by atoms with Crippen LogP contribution in [0.25, 0.3) is 0 Å². The summed E-state index contributed by atoms with van der Waals surface area (Å²) in [6.07, 6.45) is -0.394. The molecule has 1 fully saturated rings. The lowest BCUT2D eigenvalue weighted by Crippen LogP contribution is -1.67. The van der Waals surface area contributed by atoms with E-state index in [2.05, 4.69) is 20.0 Å². The van der Waals surface area contributed by atoms with Gasteiger partial charge in [0.1, 0.15) is 0 Å². The fourth-order valence-electron chi connectivity index (χ4n) is 0.158. The van der Waals surface area contributed by atoms with E-state index in [4.69, 9.17) is 0 Å². The average Bonchev–Trinajstić information content (AvgIpc) is 2.21. The molecule has 1 rings (SSSR count). The fraction of sp³-hybridized carbons (Fsp3) is 1.00.